The molecule has 8 heteroatoms. The van der Waals surface area contributed by atoms with Gasteiger partial charge in [-0.25, -0.2) is 8.42 Å². The van der Waals surface area contributed by atoms with E-state index < -0.39 is 27.0 Å². The summed E-state index contributed by atoms with van der Waals surface area (Å²) in [6.45, 7) is 2.16. The molecule has 0 saturated carbocycles. The van der Waals surface area contributed by atoms with Crippen molar-refractivity contribution in [2.75, 3.05) is 13.2 Å². The monoisotopic (exact) mass is 533 g/mol. The van der Waals surface area contributed by atoms with Crippen molar-refractivity contribution in [1.29, 1.82) is 0 Å². The van der Waals surface area contributed by atoms with Gasteiger partial charge in [-0.2, -0.15) is 0 Å². The van der Waals surface area contributed by atoms with Gasteiger partial charge < -0.3 is 15.2 Å². The fraction of sp³-hybridized carbons (Fsp3) is 0.267. The molecule has 0 aliphatic rings. The highest BCUT2D eigenvalue weighted by molar-refractivity contribution is 7.92. The second-order valence-electron chi connectivity index (χ2n) is 8.60. The lowest BCUT2D eigenvalue weighted by Gasteiger charge is -2.18. The molecule has 198 valence electrons. The normalized spacial score (nSPS) is 11.7. The number of hydrogen-bond acceptors (Lipinski definition) is 5. The average Bonchev–Trinajstić information content (AvgIpc) is 2.92. The van der Waals surface area contributed by atoms with Crippen LogP contribution < -0.4 is 10.1 Å². The lowest BCUT2D eigenvalue weighted by molar-refractivity contribution is -0.136. The predicted octanol–water partition coefficient (Wildman–Crippen LogP) is 4.43. The van der Waals surface area contributed by atoms with Gasteiger partial charge in [0.15, 0.2) is 15.1 Å². The minimum absolute atomic E-state index is 0.0708. The Hall–Kier alpha value is -4.09. The molecule has 0 aromatic heterocycles. The van der Waals surface area contributed by atoms with Crippen molar-refractivity contribution in [2.24, 2.45) is 0 Å². The zero-order valence-electron chi connectivity index (χ0n) is 21.2. The number of carbonyl (C=O) groups is 2. The minimum Gasteiger partial charge on any atom is -0.481 e. The van der Waals surface area contributed by atoms with Crippen LogP contribution in [0.1, 0.15) is 43.2 Å². The molecule has 3 aromatic rings. The third-order valence-corrected chi connectivity index (χ3v) is 8.13. The lowest BCUT2D eigenvalue weighted by Crippen LogP contribution is -2.32. The number of rotatable bonds is 13. The second-order valence-corrected chi connectivity index (χ2v) is 10.7. The molecule has 0 aliphatic carbocycles. The molecule has 3 aromatic carbocycles. The van der Waals surface area contributed by atoms with E-state index in [1.54, 1.807) is 6.92 Å². The van der Waals surface area contributed by atoms with Crippen LogP contribution in [0.4, 0.5) is 0 Å². The number of sulfone groups is 1. The van der Waals surface area contributed by atoms with E-state index in [9.17, 15) is 23.1 Å². The van der Waals surface area contributed by atoms with Crippen LogP contribution in [-0.2, 0) is 19.4 Å². The molecule has 7 nitrogen and oxygen atoms in total. The Balaban J connectivity index is 1.57. The van der Waals surface area contributed by atoms with Crippen LogP contribution in [0.15, 0.2) is 89.8 Å². The van der Waals surface area contributed by atoms with E-state index in [1.165, 1.54) is 24.3 Å². The van der Waals surface area contributed by atoms with E-state index in [1.807, 2.05) is 60.7 Å². The Bertz CT molecular complexity index is 1320. The van der Waals surface area contributed by atoms with Crippen molar-refractivity contribution in [3.8, 4) is 17.6 Å². The minimum atomic E-state index is -4.10. The zero-order chi connectivity index (χ0) is 27.4. The molecule has 0 heterocycles. The molecular formula is C30H31NO6S. The lowest BCUT2D eigenvalue weighted by atomic mass is 9.90. The quantitative estimate of drug-likeness (QED) is 0.248. The van der Waals surface area contributed by atoms with Crippen LogP contribution in [0.3, 0.4) is 0 Å². The number of amides is 1. The number of carboxylic acids is 1. The van der Waals surface area contributed by atoms with Gasteiger partial charge in [0, 0.05) is 6.54 Å². The molecule has 0 bridgehead atoms. The van der Waals surface area contributed by atoms with Gasteiger partial charge in [0.25, 0.3) is 0 Å². The van der Waals surface area contributed by atoms with Gasteiger partial charge in [0.05, 0.1) is 10.8 Å². The van der Waals surface area contributed by atoms with Crippen LogP contribution in [0, 0.1) is 11.8 Å². The van der Waals surface area contributed by atoms with Crippen LogP contribution in [0.25, 0.3) is 0 Å². The number of nitrogens with one attached hydrogen (secondary N) is 1. The van der Waals surface area contributed by atoms with Crippen LogP contribution in [0.5, 0.6) is 5.75 Å². The fourth-order valence-electron chi connectivity index (χ4n) is 4.05. The van der Waals surface area contributed by atoms with Crippen molar-refractivity contribution in [3.63, 3.8) is 0 Å². The molecule has 0 spiro atoms. The maximum atomic E-state index is 13.1. The summed E-state index contributed by atoms with van der Waals surface area (Å²) in [4.78, 5) is 24.8. The highest BCUT2D eigenvalue weighted by atomic mass is 32.2. The van der Waals surface area contributed by atoms with E-state index >= 15 is 0 Å². The smallest absolute Gasteiger partial charge is 0.322 e. The molecule has 0 saturated heterocycles. The average molecular weight is 534 g/mol. The van der Waals surface area contributed by atoms with E-state index in [0.717, 1.165) is 11.1 Å². The first-order chi connectivity index (χ1) is 18.3. The van der Waals surface area contributed by atoms with E-state index in [2.05, 4.69) is 17.2 Å². The molecule has 0 fully saturated rings. The SMILES string of the molecule is CC#CCOc1ccc(S(=O)(=O)C(CCCCNC(=O)C(c2ccccc2)c2ccccc2)C(=O)O)cc1. The molecule has 1 amide bonds. The molecule has 1 unspecified atom stereocenters. The fourth-order valence-corrected chi connectivity index (χ4v) is 5.63. The number of benzene rings is 3. The van der Waals surface area contributed by atoms with Gasteiger partial charge >= 0.3 is 5.97 Å². The summed E-state index contributed by atoms with van der Waals surface area (Å²) in [5.74, 6) is 3.83. The van der Waals surface area contributed by atoms with Crippen LogP contribution in [-0.4, -0.2) is 43.8 Å². The van der Waals surface area contributed by atoms with E-state index in [0.29, 0.717) is 25.1 Å². The number of aliphatic carboxylic acids is 1. The first kappa shape index (κ1) is 28.5. The maximum absolute atomic E-state index is 13.1. The van der Waals surface area contributed by atoms with Crippen LogP contribution >= 0.6 is 0 Å². The number of unbranched alkanes of at least 4 members (excludes halogenated alkanes) is 1. The summed E-state index contributed by atoms with van der Waals surface area (Å²) in [6.07, 6.45) is 0.681. The third kappa shape index (κ3) is 7.70. The molecular weight excluding hydrogens is 502 g/mol. The Morgan fingerprint density at radius 3 is 2.00 bits per heavy atom. The first-order valence-corrected chi connectivity index (χ1v) is 13.9. The highest BCUT2D eigenvalue weighted by Gasteiger charge is 2.33. The van der Waals surface area contributed by atoms with Crippen molar-refractivity contribution in [1.82, 2.24) is 5.32 Å². The number of ether oxygens (including phenoxy) is 1. The summed E-state index contributed by atoms with van der Waals surface area (Å²) >= 11 is 0. The molecule has 0 aliphatic heterocycles. The third-order valence-electron chi connectivity index (χ3n) is 6.01. The molecule has 2 N–H and O–H groups in total. The maximum Gasteiger partial charge on any atom is 0.322 e. The van der Waals surface area contributed by atoms with Gasteiger partial charge in [-0.1, -0.05) is 66.6 Å². The molecule has 3 rings (SSSR count). The summed E-state index contributed by atoms with van der Waals surface area (Å²) in [6, 6.07) is 24.6. The van der Waals surface area contributed by atoms with Gasteiger partial charge in [0.2, 0.25) is 5.91 Å². The van der Waals surface area contributed by atoms with Crippen molar-refractivity contribution < 1.29 is 27.9 Å². The van der Waals surface area contributed by atoms with Crippen LogP contribution in [0.2, 0.25) is 0 Å². The largest absolute Gasteiger partial charge is 0.481 e. The topological polar surface area (TPSA) is 110 Å². The van der Waals surface area contributed by atoms with E-state index in [4.69, 9.17) is 4.74 Å². The van der Waals surface area contributed by atoms with Crippen molar-refractivity contribution in [3.05, 3.63) is 96.1 Å². The first-order valence-electron chi connectivity index (χ1n) is 12.3. The summed E-state index contributed by atoms with van der Waals surface area (Å²) < 4.78 is 31.4. The van der Waals surface area contributed by atoms with Gasteiger partial charge in [0.1, 0.15) is 12.4 Å². The van der Waals surface area contributed by atoms with E-state index in [-0.39, 0.29) is 23.8 Å². The Kier molecular flexibility index (Phi) is 10.5. The van der Waals surface area contributed by atoms with Gasteiger partial charge in [-0.05, 0) is 61.6 Å². The molecule has 0 radical (unpaired) electrons. The highest BCUT2D eigenvalue weighted by Crippen LogP contribution is 2.25. The second kappa shape index (κ2) is 14.0. The summed E-state index contributed by atoms with van der Waals surface area (Å²) in [5.41, 5.74) is 1.73. The number of hydrogen-bond donors (Lipinski definition) is 2. The zero-order valence-corrected chi connectivity index (χ0v) is 22.0. The summed E-state index contributed by atoms with van der Waals surface area (Å²) in [7, 11) is -4.10. The Morgan fingerprint density at radius 2 is 1.47 bits per heavy atom. The standard InChI is InChI=1S/C30H31NO6S/c1-2-3-22-37-25-17-19-26(20-18-25)38(35,36)27(30(33)34)16-10-11-21-31-29(32)28(23-12-6-4-7-13-23)24-14-8-5-9-15-24/h4-9,12-15,17-20,27-28H,10-11,16,21-22H2,1H3,(H,31,32)(H,33,34). The Morgan fingerprint density at radius 1 is 0.895 bits per heavy atom. The van der Waals surface area contributed by atoms with Gasteiger partial charge in [-0.3, -0.25) is 9.59 Å². The number of carbonyl (C=O) groups excluding carboxylic acids is 1. The molecule has 38 heavy (non-hydrogen) atoms. The predicted molar refractivity (Wildman–Crippen MR) is 146 cm³/mol. The molecule has 1 atom stereocenters. The van der Waals surface area contributed by atoms with Crippen molar-refractivity contribution in [2.45, 2.75) is 42.2 Å². The van der Waals surface area contributed by atoms with Gasteiger partial charge in [-0.15, -0.1) is 5.92 Å². The van der Waals surface area contributed by atoms with Crippen molar-refractivity contribution >= 4 is 21.7 Å². The summed E-state index contributed by atoms with van der Waals surface area (Å²) in [5, 5.41) is 11.0. The Labute approximate surface area is 223 Å². The number of carboxylic acid groups (broad SMARTS) is 1.